The van der Waals surface area contributed by atoms with Crippen molar-refractivity contribution in [3.63, 3.8) is 0 Å². The van der Waals surface area contributed by atoms with Crippen LogP contribution in [0, 0.1) is 5.92 Å². The van der Waals surface area contributed by atoms with Crippen LogP contribution in [0.25, 0.3) is 0 Å². The molecule has 17 N–H and O–H groups in total. The summed E-state index contributed by atoms with van der Waals surface area (Å²) in [7, 11) is 2.08. The molecule has 27 heteroatoms. The van der Waals surface area contributed by atoms with Gasteiger partial charge in [-0.1, -0.05) is 77.9 Å². The molecule has 2 aliphatic heterocycles. The number of amides is 10. The highest BCUT2D eigenvalue weighted by Gasteiger charge is 2.41. The first-order chi connectivity index (χ1) is 35.1. The van der Waals surface area contributed by atoms with Gasteiger partial charge < -0.3 is 75.5 Å². The summed E-state index contributed by atoms with van der Waals surface area (Å²) >= 11 is 0. The van der Waals surface area contributed by atoms with Crippen molar-refractivity contribution in [1.29, 1.82) is 0 Å². The third-order valence-electron chi connectivity index (χ3n) is 12.0. The second-order valence-electron chi connectivity index (χ2n) is 18.1. The summed E-state index contributed by atoms with van der Waals surface area (Å²) in [4.78, 5) is 143. The van der Waals surface area contributed by atoms with Gasteiger partial charge in [0.05, 0.1) is 19.0 Å². The van der Waals surface area contributed by atoms with E-state index < -0.39 is 126 Å². The summed E-state index contributed by atoms with van der Waals surface area (Å²) in [6.07, 6.45) is -0.0871. The molecular formula is C47H68N14O11S2. The van der Waals surface area contributed by atoms with Gasteiger partial charge in [-0.3, -0.25) is 52.9 Å². The van der Waals surface area contributed by atoms with Crippen molar-refractivity contribution in [2.75, 3.05) is 31.1 Å². The molecule has 2 aromatic rings. The predicted molar refractivity (Wildman–Crippen MR) is 276 cm³/mol. The number of aliphatic imine (C=N–C) groups is 1. The number of nitrogens with zero attached hydrogens (tertiary/aromatic N) is 3. The lowest BCUT2D eigenvalue weighted by Gasteiger charge is -2.34. The van der Waals surface area contributed by atoms with Gasteiger partial charge in [-0.2, -0.15) is 0 Å². The van der Waals surface area contributed by atoms with Crippen LogP contribution in [0.4, 0.5) is 0 Å². The molecule has 0 saturated carbocycles. The Morgan fingerprint density at radius 2 is 1.47 bits per heavy atom. The number of phenols is 1. The van der Waals surface area contributed by atoms with Gasteiger partial charge in [-0.05, 0) is 61.8 Å². The number of benzene rings is 2. The fourth-order valence-corrected chi connectivity index (χ4v) is 10.2. The first-order valence-corrected chi connectivity index (χ1v) is 26.4. The molecule has 0 radical (unpaired) electrons. The molecule has 2 fully saturated rings. The van der Waals surface area contributed by atoms with E-state index in [1.54, 1.807) is 56.3 Å². The van der Waals surface area contributed by atoms with Gasteiger partial charge in [0.15, 0.2) is 5.96 Å². The van der Waals surface area contributed by atoms with Crippen LogP contribution < -0.4 is 60.6 Å². The van der Waals surface area contributed by atoms with Crippen molar-refractivity contribution in [1.82, 2.24) is 41.7 Å². The standard InChI is InChI=1S/C47H68N14O11S2/c1-25(2)38-44(70)56-32(20-36(49)63)42(68)58-34(46(72)60-18-8-12-35(60)43(69)55-31(11-7-17-53-47(51)52)41(67)54-21-37(50)64)24-74-73-23-30(48)40(66)57-33(19-27-13-15-29(62)16-14-27)45(71)61(26(3)39(65)59-38)22-28-9-5-4-6-10-28/h4-6,9-10,13-16,25-26,30-35,38,62H,7-8,11-12,17-24,48H2,1-3H3,(H2,49,63)(H2,50,64)(H,54,67)(H,55,69)(H,56,70)(H,57,66)(H,58,68)(H,59,65)(H4,51,52,53)/t26-,30+,31-,32-,33-,34+,35-,38-/m0/s1. The zero-order valence-corrected chi connectivity index (χ0v) is 43.1. The fourth-order valence-electron chi connectivity index (χ4n) is 7.96. The monoisotopic (exact) mass is 1070 g/mol. The number of likely N-dealkylation sites (tertiary alicyclic amines) is 1. The Hall–Kier alpha value is -7.13. The van der Waals surface area contributed by atoms with E-state index in [2.05, 4.69) is 36.9 Å². The number of aromatic hydroxyl groups is 1. The maximum atomic E-state index is 14.8. The minimum Gasteiger partial charge on any atom is -0.508 e. The van der Waals surface area contributed by atoms with Gasteiger partial charge in [0.2, 0.25) is 59.1 Å². The molecule has 74 heavy (non-hydrogen) atoms. The second-order valence-corrected chi connectivity index (χ2v) is 20.7. The van der Waals surface area contributed by atoms with Crippen LogP contribution in [-0.2, 0) is 60.9 Å². The van der Waals surface area contributed by atoms with E-state index in [4.69, 9.17) is 28.7 Å². The first-order valence-electron chi connectivity index (χ1n) is 23.9. The highest BCUT2D eigenvalue weighted by molar-refractivity contribution is 8.76. The van der Waals surface area contributed by atoms with Crippen molar-refractivity contribution in [3.8, 4) is 5.75 Å². The van der Waals surface area contributed by atoms with Crippen molar-refractivity contribution in [2.45, 2.75) is 114 Å². The lowest BCUT2D eigenvalue weighted by Crippen LogP contribution is -2.61. The summed E-state index contributed by atoms with van der Waals surface area (Å²) in [5.41, 5.74) is 29.2. The third-order valence-corrected chi connectivity index (χ3v) is 14.4. The maximum absolute atomic E-state index is 14.8. The van der Waals surface area contributed by atoms with Crippen molar-refractivity contribution >= 4 is 86.6 Å². The van der Waals surface area contributed by atoms with Crippen molar-refractivity contribution in [2.24, 2.45) is 39.6 Å². The topological polar surface area (TPSA) is 412 Å². The Labute approximate surface area is 436 Å². The molecule has 10 amide bonds. The Bertz CT molecular complexity index is 2360. The lowest BCUT2D eigenvalue weighted by molar-refractivity contribution is -0.144. The molecule has 0 aromatic heterocycles. The quantitative estimate of drug-likeness (QED) is 0.0319. The highest BCUT2D eigenvalue weighted by atomic mass is 33.1. The van der Waals surface area contributed by atoms with Gasteiger partial charge in [-0.25, -0.2) is 0 Å². The molecule has 0 bridgehead atoms. The van der Waals surface area contributed by atoms with E-state index in [1.807, 2.05) is 0 Å². The number of nitrogens with two attached hydrogens (primary N) is 5. The third kappa shape index (κ3) is 18.4. The summed E-state index contributed by atoms with van der Waals surface area (Å²) in [6.45, 7) is 4.21. The molecular weight excluding hydrogens is 1000 g/mol. The molecule has 2 heterocycles. The number of guanidine groups is 1. The minimum atomic E-state index is -1.68. The average molecular weight is 1070 g/mol. The SMILES string of the molecule is CC(C)[C@@H]1NC(=O)[C@H](C)N(Cc2ccccc2)C(=O)[C@H](Cc2ccc(O)cc2)NC(=O)[C@H](N)CSSC[C@H](C(=O)N2CCC[C@H]2C(=O)N[C@@H](CCCN=C(N)N)C(=O)NCC(N)=O)NC(=O)[C@H](CC(N)=O)NC1=O. The molecule has 2 saturated heterocycles. The Morgan fingerprint density at radius 3 is 2.11 bits per heavy atom. The number of carbonyl (C=O) groups is 10. The molecule has 8 atom stereocenters. The molecule has 0 spiro atoms. The van der Waals surface area contributed by atoms with Crippen LogP contribution in [0.5, 0.6) is 5.75 Å². The van der Waals surface area contributed by atoms with Gasteiger partial charge >= 0.3 is 0 Å². The van der Waals surface area contributed by atoms with E-state index in [9.17, 15) is 53.1 Å². The van der Waals surface area contributed by atoms with Gasteiger partial charge in [0, 0.05) is 37.6 Å². The first kappa shape index (κ1) is 59.4. The Morgan fingerprint density at radius 1 is 0.811 bits per heavy atom. The van der Waals surface area contributed by atoms with Crippen molar-refractivity contribution in [3.05, 3.63) is 65.7 Å². The molecule has 2 aliphatic rings. The molecule has 25 nitrogen and oxygen atoms in total. The molecule has 2 aromatic carbocycles. The smallest absolute Gasteiger partial charge is 0.246 e. The van der Waals surface area contributed by atoms with E-state index in [1.165, 1.54) is 28.9 Å². The lowest BCUT2D eigenvalue weighted by atomic mass is 10.0. The number of phenolic OH excluding ortho intramolecular Hbond substituents is 1. The van der Waals surface area contributed by atoms with Crippen LogP contribution in [0.1, 0.15) is 64.0 Å². The number of primary amides is 2. The molecule has 4 rings (SSSR count). The highest BCUT2D eigenvalue weighted by Crippen LogP contribution is 2.26. The summed E-state index contributed by atoms with van der Waals surface area (Å²) in [5, 5.41) is 25.5. The van der Waals surface area contributed by atoms with Gasteiger partial charge in [0.25, 0.3) is 0 Å². The second kappa shape index (κ2) is 28.9. The predicted octanol–water partition coefficient (Wildman–Crippen LogP) is -3.32. The van der Waals surface area contributed by atoms with Crippen LogP contribution in [-0.4, -0.2) is 159 Å². The summed E-state index contributed by atoms with van der Waals surface area (Å²) in [5.74, 6) is -9.33. The summed E-state index contributed by atoms with van der Waals surface area (Å²) in [6, 6.07) is 4.07. The summed E-state index contributed by atoms with van der Waals surface area (Å²) < 4.78 is 0. The number of hydrogen-bond donors (Lipinski definition) is 12. The number of hydrogen-bond acceptors (Lipinski definition) is 15. The van der Waals surface area contributed by atoms with Crippen LogP contribution in [0.2, 0.25) is 0 Å². The number of nitrogens with one attached hydrogen (secondary N) is 6. The van der Waals surface area contributed by atoms with E-state index in [0.717, 1.165) is 21.6 Å². The fraction of sp³-hybridized carbons (Fsp3) is 0.511. The van der Waals surface area contributed by atoms with Crippen molar-refractivity contribution < 1.29 is 53.1 Å². The van der Waals surface area contributed by atoms with Gasteiger partial charge in [-0.15, -0.1) is 0 Å². The van der Waals surface area contributed by atoms with E-state index in [-0.39, 0.29) is 68.5 Å². The largest absolute Gasteiger partial charge is 0.508 e. The maximum Gasteiger partial charge on any atom is 0.246 e. The molecule has 0 aliphatic carbocycles. The molecule has 0 unspecified atom stereocenters. The van der Waals surface area contributed by atoms with E-state index >= 15 is 0 Å². The zero-order valence-electron chi connectivity index (χ0n) is 41.5. The average Bonchev–Trinajstić information content (AvgIpc) is 3.85. The number of carbonyl (C=O) groups excluding carboxylic acids is 10. The van der Waals surface area contributed by atoms with Crippen LogP contribution in [0.15, 0.2) is 59.6 Å². The van der Waals surface area contributed by atoms with Gasteiger partial charge in [0.1, 0.15) is 48.0 Å². The van der Waals surface area contributed by atoms with E-state index in [0.29, 0.717) is 17.5 Å². The zero-order chi connectivity index (χ0) is 54.6. The Balaban J connectivity index is 1.70. The molecule has 404 valence electrons. The Kier molecular flexibility index (Phi) is 23.2. The minimum absolute atomic E-state index is 0.0237. The van der Waals surface area contributed by atoms with Crippen LogP contribution >= 0.6 is 21.6 Å². The normalized spacial score (nSPS) is 23.0. The number of rotatable bonds is 17. The van der Waals surface area contributed by atoms with Crippen LogP contribution in [0.3, 0.4) is 0 Å².